The zero-order valence-electron chi connectivity index (χ0n) is 16.1. The van der Waals surface area contributed by atoms with Gasteiger partial charge in [-0.05, 0) is 67.1 Å². The van der Waals surface area contributed by atoms with Gasteiger partial charge in [0.25, 0.3) is 15.9 Å². The van der Waals surface area contributed by atoms with E-state index in [0.29, 0.717) is 17.9 Å². The van der Waals surface area contributed by atoms with Gasteiger partial charge in [0.05, 0.1) is 4.90 Å². The molecule has 2 N–H and O–H groups in total. The van der Waals surface area contributed by atoms with Crippen LogP contribution >= 0.6 is 0 Å². The molecule has 1 atom stereocenters. The second kappa shape index (κ2) is 9.36. The third kappa shape index (κ3) is 5.54. The molecule has 0 saturated carbocycles. The van der Waals surface area contributed by atoms with Crippen LogP contribution in [0.25, 0.3) is 0 Å². The standard InChI is InChI=1S/C21H20FN3O4S/c1-2-19(29-17-10-6-15(22)7-11-17)21(26)24-16-8-12-18(13-9-16)30(27,28)25-20-5-3-4-14-23-20/h3-14,19H,2H2,1H3,(H,23,25)(H,24,26)/t19-/m0/s1. The molecule has 0 radical (unpaired) electrons. The number of hydrogen-bond acceptors (Lipinski definition) is 5. The molecule has 0 bridgehead atoms. The van der Waals surface area contributed by atoms with Gasteiger partial charge < -0.3 is 10.1 Å². The van der Waals surface area contributed by atoms with Crippen molar-refractivity contribution in [2.24, 2.45) is 0 Å². The number of carbonyl (C=O) groups is 1. The van der Waals surface area contributed by atoms with Gasteiger partial charge in [0.1, 0.15) is 17.4 Å². The molecule has 30 heavy (non-hydrogen) atoms. The topological polar surface area (TPSA) is 97.4 Å². The number of pyridine rings is 1. The second-order valence-corrected chi connectivity index (χ2v) is 7.99. The highest BCUT2D eigenvalue weighted by atomic mass is 32.2. The van der Waals surface area contributed by atoms with E-state index in [4.69, 9.17) is 4.74 Å². The SMILES string of the molecule is CC[C@H](Oc1ccc(F)cc1)C(=O)Nc1ccc(S(=O)(=O)Nc2ccccn2)cc1. The fourth-order valence-electron chi connectivity index (χ4n) is 2.56. The molecule has 156 valence electrons. The number of nitrogens with one attached hydrogen (secondary N) is 2. The lowest BCUT2D eigenvalue weighted by atomic mass is 10.2. The maximum atomic E-state index is 13.0. The van der Waals surface area contributed by atoms with Crippen LogP contribution < -0.4 is 14.8 Å². The summed E-state index contributed by atoms with van der Waals surface area (Å²) >= 11 is 0. The molecule has 0 spiro atoms. The molecular weight excluding hydrogens is 409 g/mol. The number of hydrogen-bond donors (Lipinski definition) is 2. The molecule has 2 aromatic carbocycles. The fraction of sp³-hybridized carbons (Fsp3) is 0.143. The van der Waals surface area contributed by atoms with E-state index in [0.717, 1.165) is 0 Å². The first-order chi connectivity index (χ1) is 14.4. The molecule has 1 aromatic heterocycles. The molecule has 3 rings (SSSR count). The molecule has 0 unspecified atom stereocenters. The van der Waals surface area contributed by atoms with Gasteiger partial charge in [-0.2, -0.15) is 0 Å². The fourth-order valence-corrected chi connectivity index (χ4v) is 3.57. The number of sulfonamides is 1. The van der Waals surface area contributed by atoms with Gasteiger partial charge in [-0.1, -0.05) is 13.0 Å². The number of anilines is 2. The summed E-state index contributed by atoms with van der Waals surface area (Å²) in [6.45, 7) is 1.78. The van der Waals surface area contributed by atoms with E-state index in [2.05, 4.69) is 15.0 Å². The predicted octanol–water partition coefficient (Wildman–Crippen LogP) is 3.82. The van der Waals surface area contributed by atoms with Crippen molar-refractivity contribution < 1.29 is 22.3 Å². The van der Waals surface area contributed by atoms with Crippen molar-refractivity contribution in [2.45, 2.75) is 24.3 Å². The van der Waals surface area contributed by atoms with Gasteiger partial charge >= 0.3 is 0 Å². The van der Waals surface area contributed by atoms with Gasteiger partial charge in [-0.3, -0.25) is 9.52 Å². The first kappa shape index (κ1) is 21.3. The summed E-state index contributed by atoms with van der Waals surface area (Å²) in [5, 5.41) is 2.69. The maximum Gasteiger partial charge on any atom is 0.265 e. The average molecular weight is 429 g/mol. The van der Waals surface area contributed by atoms with E-state index in [1.165, 1.54) is 60.8 Å². The Morgan fingerprint density at radius 1 is 1.07 bits per heavy atom. The Balaban J connectivity index is 1.65. The van der Waals surface area contributed by atoms with Gasteiger partial charge in [-0.25, -0.2) is 17.8 Å². The number of aromatic nitrogens is 1. The summed E-state index contributed by atoms with van der Waals surface area (Å²) in [4.78, 5) is 16.4. The van der Waals surface area contributed by atoms with Crippen molar-refractivity contribution in [1.29, 1.82) is 0 Å². The summed E-state index contributed by atoms with van der Waals surface area (Å²) in [7, 11) is -3.80. The third-order valence-electron chi connectivity index (χ3n) is 4.09. The van der Waals surface area contributed by atoms with Crippen molar-refractivity contribution in [3.8, 4) is 5.75 Å². The molecular formula is C21H20FN3O4S. The van der Waals surface area contributed by atoms with E-state index in [-0.39, 0.29) is 10.7 Å². The number of benzene rings is 2. The molecule has 9 heteroatoms. The Kier molecular flexibility index (Phi) is 6.63. The van der Waals surface area contributed by atoms with Crippen molar-refractivity contribution in [2.75, 3.05) is 10.0 Å². The minimum Gasteiger partial charge on any atom is -0.481 e. The van der Waals surface area contributed by atoms with E-state index in [1.807, 2.05) is 0 Å². The summed E-state index contributed by atoms with van der Waals surface area (Å²) in [5.74, 6) is -0.212. The molecule has 0 aliphatic carbocycles. The number of nitrogens with zero attached hydrogens (tertiary/aromatic N) is 1. The van der Waals surface area contributed by atoms with E-state index < -0.39 is 27.9 Å². The summed E-state index contributed by atoms with van der Waals surface area (Å²) in [5.41, 5.74) is 0.415. The van der Waals surface area contributed by atoms with Crippen LogP contribution in [0.3, 0.4) is 0 Å². The van der Waals surface area contributed by atoms with Gasteiger partial charge in [0.2, 0.25) is 0 Å². The minimum atomic E-state index is -3.80. The highest BCUT2D eigenvalue weighted by molar-refractivity contribution is 7.92. The van der Waals surface area contributed by atoms with Crippen LogP contribution in [0.2, 0.25) is 0 Å². The van der Waals surface area contributed by atoms with Gasteiger partial charge in [0.15, 0.2) is 6.10 Å². The highest BCUT2D eigenvalue weighted by Crippen LogP contribution is 2.19. The Hall–Kier alpha value is -3.46. The highest BCUT2D eigenvalue weighted by Gasteiger charge is 2.19. The second-order valence-electron chi connectivity index (χ2n) is 6.30. The van der Waals surface area contributed by atoms with Crippen molar-refractivity contribution in [3.05, 3.63) is 78.7 Å². The molecule has 0 saturated heterocycles. The van der Waals surface area contributed by atoms with Crippen molar-refractivity contribution >= 4 is 27.4 Å². The molecule has 1 amide bonds. The van der Waals surface area contributed by atoms with E-state index >= 15 is 0 Å². The lowest BCUT2D eigenvalue weighted by Gasteiger charge is -2.17. The van der Waals surface area contributed by atoms with Gasteiger partial charge in [-0.15, -0.1) is 0 Å². The molecule has 1 heterocycles. The quantitative estimate of drug-likeness (QED) is 0.567. The molecule has 7 nitrogen and oxygen atoms in total. The monoisotopic (exact) mass is 429 g/mol. The Morgan fingerprint density at radius 2 is 1.77 bits per heavy atom. The zero-order valence-corrected chi connectivity index (χ0v) is 16.9. The van der Waals surface area contributed by atoms with Crippen LogP contribution in [-0.4, -0.2) is 25.4 Å². The summed E-state index contributed by atoms with van der Waals surface area (Å²) < 4.78 is 45.9. The van der Waals surface area contributed by atoms with Crippen LogP contribution in [-0.2, 0) is 14.8 Å². The zero-order chi connectivity index (χ0) is 21.6. The smallest absolute Gasteiger partial charge is 0.265 e. The van der Waals surface area contributed by atoms with Crippen LogP contribution in [0.15, 0.2) is 77.8 Å². The largest absolute Gasteiger partial charge is 0.481 e. The van der Waals surface area contributed by atoms with Crippen LogP contribution in [0.1, 0.15) is 13.3 Å². The predicted molar refractivity (Wildman–Crippen MR) is 111 cm³/mol. The summed E-state index contributed by atoms with van der Waals surface area (Å²) in [6.07, 6.45) is 1.09. The van der Waals surface area contributed by atoms with Crippen LogP contribution in [0.4, 0.5) is 15.9 Å². The van der Waals surface area contributed by atoms with E-state index in [1.54, 1.807) is 19.1 Å². The minimum absolute atomic E-state index is 0.0285. The molecule has 0 fully saturated rings. The first-order valence-electron chi connectivity index (χ1n) is 9.14. The first-order valence-corrected chi connectivity index (χ1v) is 10.6. The molecule has 0 aliphatic heterocycles. The lowest BCUT2D eigenvalue weighted by molar-refractivity contribution is -0.122. The third-order valence-corrected chi connectivity index (χ3v) is 5.46. The number of rotatable bonds is 8. The Labute approximate surface area is 174 Å². The maximum absolute atomic E-state index is 13.0. The van der Waals surface area contributed by atoms with E-state index in [9.17, 15) is 17.6 Å². The normalized spacial score (nSPS) is 12.1. The number of carbonyl (C=O) groups excluding carboxylic acids is 1. The average Bonchev–Trinajstić information content (AvgIpc) is 2.74. The van der Waals surface area contributed by atoms with Crippen LogP contribution in [0, 0.1) is 5.82 Å². The van der Waals surface area contributed by atoms with Crippen molar-refractivity contribution in [1.82, 2.24) is 4.98 Å². The summed E-state index contributed by atoms with van der Waals surface area (Å²) in [6, 6.07) is 16.0. The number of halogens is 1. The molecule has 0 aliphatic rings. The van der Waals surface area contributed by atoms with Gasteiger partial charge in [0, 0.05) is 11.9 Å². The molecule has 3 aromatic rings. The number of amides is 1. The Morgan fingerprint density at radius 3 is 2.37 bits per heavy atom. The Bertz CT molecular complexity index is 1090. The lowest BCUT2D eigenvalue weighted by Crippen LogP contribution is -2.32. The van der Waals surface area contributed by atoms with Crippen molar-refractivity contribution in [3.63, 3.8) is 0 Å². The van der Waals surface area contributed by atoms with Crippen LogP contribution in [0.5, 0.6) is 5.75 Å². The number of ether oxygens (including phenoxy) is 1.